The van der Waals surface area contributed by atoms with Gasteiger partial charge in [0.25, 0.3) is 0 Å². The molecule has 1 N–H and O–H groups in total. The van der Waals surface area contributed by atoms with Crippen LogP contribution in [0.25, 0.3) is 0 Å². The number of ether oxygens (including phenoxy) is 1. The zero-order chi connectivity index (χ0) is 14.7. The minimum atomic E-state index is -0.863. The van der Waals surface area contributed by atoms with E-state index in [4.69, 9.17) is 4.74 Å². The summed E-state index contributed by atoms with van der Waals surface area (Å²) in [7, 11) is 1.62. The van der Waals surface area contributed by atoms with E-state index in [0.29, 0.717) is 17.4 Å². The Bertz CT molecular complexity index is 589. The maximum atomic E-state index is 11.0. The fraction of sp³-hybridized carbons (Fsp3) is 0.389. The van der Waals surface area contributed by atoms with Crippen molar-refractivity contribution in [1.29, 1.82) is 0 Å². The fourth-order valence-electron chi connectivity index (χ4n) is 3.30. The molecule has 1 aliphatic rings. The van der Waals surface area contributed by atoms with E-state index in [2.05, 4.69) is 29.2 Å². The predicted octanol–water partition coefficient (Wildman–Crippen LogP) is 3.64. The quantitative estimate of drug-likeness (QED) is 0.935. The lowest BCUT2D eigenvalue weighted by molar-refractivity contribution is -0.0116. The summed E-state index contributed by atoms with van der Waals surface area (Å²) in [5, 5.41) is 11.0. The Morgan fingerprint density at radius 2 is 1.81 bits per heavy atom. The predicted molar refractivity (Wildman–Crippen MR) is 82.3 cm³/mol. The van der Waals surface area contributed by atoms with Crippen molar-refractivity contribution in [3.63, 3.8) is 0 Å². The Morgan fingerprint density at radius 1 is 1.10 bits per heavy atom. The minimum absolute atomic E-state index is 0.529. The number of aliphatic hydroxyl groups is 1. The van der Waals surface area contributed by atoms with Gasteiger partial charge in [0.1, 0.15) is 17.0 Å². The van der Waals surface area contributed by atoms with Gasteiger partial charge in [-0.25, -0.2) is 0 Å². The molecule has 1 fully saturated rings. The number of hydrogen-bond donors (Lipinski definition) is 1. The van der Waals surface area contributed by atoms with Gasteiger partial charge in [-0.05, 0) is 49.3 Å². The van der Waals surface area contributed by atoms with Crippen molar-refractivity contribution >= 4 is 0 Å². The molecule has 3 heteroatoms. The molecule has 0 spiro atoms. The largest absolute Gasteiger partial charge is 0.495 e. The monoisotopic (exact) mass is 283 g/mol. The van der Waals surface area contributed by atoms with E-state index < -0.39 is 5.60 Å². The number of methoxy groups -OCH3 is 1. The van der Waals surface area contributed by atoms with Gasteiger partial charge < -0.3 is 9.84 Å². The minimum Gasteiger partial charge on any atom is -0.495 e. The third-order valence-electron chi connectivity index (χ3n) is 4.52. The van der Waals surface area contributed by atoms with Crippen LogP contribution in [0.4, 0.5) is 0 Å². The van der Waals surface area contributed by atoms with Crippen molar-refractivity contribution in [3.8, 4) is 5.75 Å². The van der Waals surface area contributed by atoms with Crippen LogP contribution in [0.3, 0.4) is 0 Å². The molecule has 1 heterocycles. The van der Waals surface area contributed by atoms with E-state index in [1.54, 1.807) is 13.3 Å². The van der Waals surface area contributed by atoms with Gasteiger partial charge in [-0.15, -0.1) is 0 Å². The molecule has 1 aliphatic carbocycles. The Hall–Kier alpha value is -1.87. The van der Waals surface area contributed by atoms with E-state index in [1.807, 2.05) is 18.2 Å². The SMILES string of the molecule is COc1cccnc1C1(O)CCC(c2ccccc2)CC1. The second-order valence-electron chi connectivity index (χ2n) is 5.77. The van der Waals surface area contributed by atoms with Crippen molar-refractivity contribution in [2.75, 3.05) is 7.11 Å². The molecule has 1 saturated carbocycles. The summed E-state index contributed by atoms with van der Waals surface area (Å²) in [6.07, 6.45) is 5.11. The molecule has 0 aliphatic heterocycles. The number of aromatic nitrogens is 1. The molecule has 110 valence electrons. The summed E-state index contributed by atoms with van der Waals surface area (Å²) >= 11 is 0. The average molecular weight is 283 g/mol. The maximum absolute atomic E-state index is 11.0. The highest BCUT2D eigenvalue weighted by molar-refractivity contribution is 5.32. The van der Waals surface area contributed by atoms with Gasteiger partial charge >= 0.3 is 0 Å². The zero-order valence-electron chi connectivity index (χ0n) is 12.3. The highest BCUT2D eigenvalue weighted by Gasteiger charge is 2.38. The first-order valence-electron chi connectivity index (χ1n) is 7.50. The number of benzene rings is 1. The van der Waals surface area contributed by atoms with Crippen LogP contribution in [-0.2, 0) is 5.60 Å². The van der Waals surface area contributed by atoms with E-state index in [-0.39, 0.29) is 0 Å². The lowest BCUT2D eigenvalue weighted by Gasteiger charge is -2.36. The standard InChI is InChI=1S/C18H21NO2/c1-21-16-8-5-13-19-17(16)18(20)11-9-15(10-12-18)14-6-3-2-4-7-14/h2-8,13,15,20H,9-12H2,1H3. The molecular formula is C18H21NO2. The van der Waals surface area contributed by atoms with Crippen LogP contribution in [0, 0.1) is 0 Å². The fourth-order valence-corrected chi connectivity index (χ4v) is 3.30. The summed E-state index contributed by atoms with van der Waals surface area (Å²) in [6, 6.07) is 14.3. The van der Waals surface area contributed by atoms with Gasteiger partial charge in [0, 0.05) is 6.20 Å². The lowest BCUT2D eigenvalue weighted by atomic mass is 9.74. The van der Waals surface area contributed by atoms with Gasteiger partial charge in [-0.2, -0.15) is 0 Å². The Kier molecular flexibility index (Phi) is 3.93. The first-order chi connectivity index (χ1) is 10.2. The van der Waals surface area contributed by atoms with Crippen LogP contribution in [0.1, 0.15) is 42.9 Å². The number of rotatable bonds is 3. The summed E-state index contributed by atoms with van der Waals surface area (Å²) in [6.45, 7) is 0. The van der Waals surface area contributed by atoms with Crippen molar-refractivity contribution in [1.82, 2.24) is 4.98 Å². The third kappa shape index (κ3) is 2.79. The average Bonchev–Trinajstić information content (AvgIpc) is 2.56. The van der Waals surface area contributed by atoms with E-state index in [1.165, 1.54) is 5.56 Å². The normalized spacial score (nSPS) is 25.5. The number of hydrogen-bond acceptors (Lipinski definition) is 3. The van der Waals surface area contributed by atoms with Gasteiger partial charge in [0.05, 0.1) is 7.11 Å². The third-order valence-corrected chi connectivity index (χ3v) is 4.52. The molecule has 0 unspecified atom stereocenters. The molecule has 21 heavy (non-hydrogen) atoms. The Balaban J connectivity index is 1.78. The van der Waals surface area contributed by atoms with Crippen LogP contribution in [0.5, 0.6) is 5.75 Å². The van der Waals surface area contributed by atoms with Crippen LogP contribution < -0.4 is 4.74 Å². The Morgan fingerprint density at radius 3 is 2.48 bits per heavy atom. The molecule has 1 aromatic carbocycles. The Labute approximate surface area is 125 Å². The second kappa shape index (κ2) is 5.86. The summed E-state index contributed by atoms with van der Waals surface area (Å²) in [5.41, 5.74) is 1.18. The molecule has 0 amide bonds. The highest BCUT2D eigenvalue weighted by atomic mass is 16.5. The van der Waals surface area contributed by atoms with Crippen LogP contribution in [-0.4, -0.2) is 17.2 Å². The first kappa shape index (κ1) is 14.1. The van der Waals surface area contributed by atoms with Gasteiger partial charge in [0.15, 0.2) is 0 Å². The van der Waals surface area contributed by atoms with E-state index >= 15 is 0 Å². The van der Waals surface area contributed by atoms with Crippen molar-refractivity contribution < 1.29 is 9.84 Å². The maximum Gasteiger partial charge on any atom is 0.143 e. The lowest BCUT2D eigenvalue weighted by Crippen LogP contribution is -2.32. The van der Waals surface area contributed by atoms with E-state index in [9.17, 15) is 5.11 Å². The summed E-state index contributed by atoms with van der Waals surface area (Å²) in [5.74, 6) is 1.21. The van der Waals surface area contributed by atoms with Gasteiger partial charge in [0.2, 0.25) is 0 Å². The van der Waals surface area contributed by atoms with Crippen LogP contribution in [0.15, 0.2) is 48.7 Å². The molecule has 0 atom stereocenters. The molecule has 3 rings (SSSR count). The van der Waals surface area contributed by atoms with Gasteiger partial charge in [-0.1, -0.05) is 30.3 Å². The zero-order valence-corrected chi connectivity index (χ0v) is 12.3. The van der Waals surface area contributed by atoms with E-state index in [0.717, 1.165) is 25.7 Å². The molecule has 1 aromatic heterocycles. The molecule has 0 bridgehead atoms. The molecule has 3 nitrogen and oxygen atoms in total. The highest BCUT2D eigenvalue weighted by Crippen LogP contribution is 2.44. The van der Waals surface area contributed by atoms with Crippen molar-refractivity contribution in [2.24, 2.45) is 0 Å². The van der Waals surface area contributed by atoms with Gasteiger partial charge in [-0.3, -0.25) is 4.98 Å². The molecule has 0 saturated heterocycles. The first-order valence-corrected chi connectivity index (χ1v) is 7.50. The summed E-state index contributed by atoms with van der Waals surface area (Å²) < 4.78 is 5.35. The van der Waals surface area contributed by atoms with Crippen molar-refractivity contribution in [3.05, 3.63) is 59.9 Å². The van der Waals surface area contributed by atoms with Crippen molar-refractivity contribution in [2.45, 2.75) is 37.2 Å². The topological polar surface area (TPSA) is 42.4 Å². The number of pyridine rings is 1. The molecular weight excluding hydrogens is 262 g/mol. The summed E-state index contributed by atoms with van der Waals surface area (Å²) in [4.78, 5) is 4.37. The molecule has 2 aromatic rings. The van der Waals surface area contributed by atoms with Crippen LogP contribution in [0.2, 0.25) is 0 Å². The number of nitrogens with zero attached hydrogens (tertiary/aromatic N) is 1. The second-order valence-corrected chi connectivity index (χ2v) is 5.77. The molecule has 0 radical (unpaired) electrons. The van der Waals surface area contributed by atoms with Crippen LogP contribution >= 0.6 is 0 Å². The smallest absolute Gasteiger partial charge is 0.143 e.